The van der Waals surface area contributed by atoms with Crippen molar-refractivity contribution in [3.8, 4) is 11.5 Å². The van der Waals surface area contributed by atoms with Gasteiger partial charge >= 0.3 is 5.97 Å². The number of allylic oxidation sites excluding steroid dienone is 2. The van der Waals surface area contributed by atoms with Gasteiger partial charge in [0.1, 0.15) is 17.6 Å². The first-order valence-corrected chi connectivity index (χ1v) is 7.69. The third-order valence-electron chi connectivity index (χ3n) is 3.78. The average molecular weight is 332 g/mol. The Bertz CT molecular complexity index is 717. The average Bonchev–Trinajstić information content (AvgIpc) is 2.56. The summed E-state index contributed by atoms with van der Waals surface area (Å²) >= 11 is 0. The van der Waals surface area contributed by atoms with Gasteiger partial charge in [0, 0.05) is 12.0 Å². The van der Waals surface area contributed by atoms with E-state index in [0.29, 0.717) is 18.4 Å². The van der Waals surface area contributed by atoms with E-state index >= 15 is 0 Å². The lowest BCUT2D eigenvalue weighted by atomic mass is 9.89. The number of carbonyl (C=O) groups excluding carboxylic acids is 3. The number of rotatable bonds is 6. The minimum Gasteiger partial charge on any atom is -0.496 e. The number of carbonyl (C=O) groups is 3. The standard InChI is InChI=1S/C18H20O6/c1-5-6-15(21)24-10(2)11-9-14(22-3)16-12(19)7-8-13(20)17(16)18(11)23-4/h7-10H,5-6H2,1-4H3. The lowest BCUT2D eigenvalue weighted by molar-refractivity contribution is -0.148. The van der Waals surface area contributed by atoms with Gasteiger partial charge in [-0.1, -0.05) is 6.92 Å². The summed E-state index contributed by atoms with van der Waals surface area (Å²) in [5, 5.41) is 0. The van der Waals surface area contributed by atoms with E-state index in [1.165, 1.54) is 26.4 Å². The first-order chi connectivity index (χ1) is 11.4. The molecule has 2 rings (SSSR count). The number of esters is 1. The van der Waals surface area contributed by atoms with Gasteiger partial charge in [0.25, 0.3) is 0 Å². The molecule has 0 saturated carbocycles. The predicted octanol–water partition coefficient (Wildman–Crippen LogP) is 3.04. The summed E-state index contributed by atoms with van der Waals surface area (Å²) in [7, 11) is 2.82. The molecule has 0 amide bonds. The number of methoxy groups -OCH3 is 2. The molecule has 0 spiro atoms. The summed E-state index contributed by atoms with van der Waals surface area (Å²) in [5.41, 5.74) is 0.782. The number of ketones is 2. The van der Waals surface area contributed by atoms with Crippen LogP contribution in [0.2, 0.25) is 0 Å². The number of fused-ring (bicyclic) bond motifs is 1. The normalized spacial score (nSPS) is 14.2. The smallest absolute Gasteiger partial charge is 0.306 e. The first kappa shape index (κ1) is 17.7. The highest BCUT2D eigenvalue weighted by Crippen LogP contribution is 2.40. The Hall–Kier alpha value is -2.63. The molecule has 6 heteroatoms. The lowest BCUT2D eigenvalue weighted by Gasteiger charge is -2.23. The Balaban J connectivity index is 2.58. The molecule has 1 aliphatic carbocycles. The van der Waals surface area contributed by atoms with Crippen molar-refractivity contribution in [2.75, 3.05) is 14.2 Å². The van der Waals surface area contributed by atoms with Crippen LogP contribution >= 0.6 is 0 Å². The molecular weight excluding hydrogens is 312 g/mol. The van der Waals surface area contributed by atoms with Crippen LogP contribution in [-0.4, -0.2) is 31.8 Å². The van der Waals surface area contributed by atoms with E-state index in [1.807, 2.05) is 6.92 Å². The lowest BCUT2D eigenvalue weighted by Crippen LogP contribution is -2.18. The molecule has 0 bridgehead atoms. The van der Waals surface area contributed by atoms with Gasteiger partial charge in [-0.25, -0.2) is 0 Å². The van der Waals surface area contributed by atoms with E-state index in [-0.39, 0.29) is 40.2 Å². The van der Waals surface area contributed by atoms with Gasteiger partial charge in [-0.15, -0.1) is 0 Å². The minimum atomic E-state index is -0.646. The minimum absolute atomic E-state index is 0.137. The maximum absolute atomic E-state index is 12.3. The van der Waals surface area contributed by atoms with Gasteiger partial charge in [0.05, 0.1) is 25.3 Å². The molecule has 1 atom stereocenters. The van der Waals surface area contributed by atoms with E-state index in [9.17, 15) is 14.4 Å². The van der Waals surface area contributed by atoms with Gasteiger partial charge in [0.15, 0.2) is 11.6 Å². The van der Waals surface area contributed by atoms with Gasteiger partial charge < -0.3 is 14.2 Å². The topological polar surface area (TPSA) is 78.9 Å². The summed E-state index contributed by atoms with van der Waals surface area (Å²) in [6.07, 6.45) is 2.73. The number of hydrogen-bond acceptors (Lipinski definition) is 6. The molecule has 0 fully saturated rings. The Morgan fingerprint density at radius 3 is 2.25 bits per heavy atom. The predicted molar refractivity (Wildman–Crippen MR) is 86.8 cm³/mol. The fraction of sp³-hybridized carbons (Fsp3) is 0.389. The van der Waals surface area contributed by atoms with Crippen LogP contribution in [0.25, 0.3) is 0 Å². The van der Waals surface area contributed by atoms with Gasteiger partial charge in [-0.2, -0.15) is 0 Å². The van der Waals surface area contributed by atoms with E-state index in [4.69, 9.17) is 14.2 Å². The van der Waals surface area contributed by atoms with Crippen LogP contribution in [0, 0.1) is 0 Å². The fourth-order valence-electron chi connectivity index (χ4n) is 2.66. The highest BCUT2D eigenvalue weighted by molar-refractivity contribution is 6.24. The molecule has 1 aromatic carbocycles. The molecule has 0 aliphatic heterocycles. The van der Waals surface area contributed by atoms with E-state index < -0.39 is 6.10 Å². The molecule has 0 N–H and O–H groups in total. The van der Waals surface area contributed by atoms with Crippen LogP contribution in [0.1, 0.15) is 59.1 Å². The summed E-state index contributed by atoms with van der Waals surface area (Å²) < 4.78 is 16.0. The van der Waals surface area contributed by atoms with E-state index in [1.54, 1.807) is 13.0 Å². The van der Waals surface area contributed by atoms with Crippen molar-refractivity contribution in [1.29, 1.82) is 0 Å². The maximum Gasteiger partial charge on any atom is 0.306 e. The van der Waals surface area contributed by atoms with Crippen LogP contribution in [0.4, 0.5) is 0 Å². The molecule has 1 aliphatic rings. The molecule has 0 radical (unpaired) electrons. The zero-order chi connectivity index (χ0) is 17.9. The summed E-state index contributed by atoms with van der Waals surface area (Å²) in [6, 6.07) is 1.58. The maximum atomic E-state index is 12.3. The molecule has 6 nitrogen and oxygen atoms in total. The molecule has 128 valence electrons. The quantitative estimate of drug-likeness (QED) is 0.745. The van der Waals surface area contributed by atoms with Crippen molar-refractivity contribution < 1.29 is 28.6 Å². The van der Waals surface area contributed by atoms with Crippen LogP contribution in [0.5, 0.6) is 11.5 Å². The van der Waals surface area contributed by atoms with Crippen molar-refractivity contribution >= 4 is 17.5 Å². The molecule has 24 heavy (non-hydrogen) atoms. The van der Waals surface area contributed by atoms with Gasteiger partial charge in [-0.05, 0) is 31.6 Å². The Labute approximate surface area is 140 Å². The monoisotopic (exact) mass is 332 g/mol. The SMILES string of the molecule is CCCC(=O)OC(C)c1cc(OC)c2c(c1OC)C(=O)C=CC2=O. The van der Waals surface area contributed by atoms with Gasteiger partial charge in [0.2, 0.25) is 0 Å². The fourth-order valence-corrected chi connectivity index (χ4v) is 2.66. The Morgan fingerprint density at radius 2 is 1.71 bits per heavy atom. The molecule has 1 unspecified atom stereocenters. The van der Waals surface area contributed by atoms with Crippen molar-refractivity contribution in [3.63, 3.8) is 0 Å². The summed E-state index contributed by atoms with van der Waals surface area (Å²) in [6.45, 7) is 3.56. The second-order valence-electron chi connectivity index (χ2n) is 5.40. The molecule has 1 aromatic rings. The highest BCUT2D eigenvalue weighted by atomic mass is 16.5. The summed E-state index contributed by atoms with van der Waals surface area (Å²) in [5.74, 6) is -0.547. The Kier molecular flexibility index (Phi) is 5.39. The molecular formula is C18H20O6. The van der Waals surface area contributed by atoms with Crippen LogP contribution in [-0.2, 0) is 9.53 Å². The third kappa shape index (κ3) is 3.18. The van der Waals surface area contributed by atoms with E-state index in [2.05, 4.69) is 0 Å². The molecule has 0 aromatic heterocycles. The molecule has 0 saturated heterocycles. The highest BCUT2D eigenvalue weighted by Gasteiger charge is 2.31. The van der Waals surface area contributed by atoms with Crippen LogP contribution in [0.3, 0.4) is 0 Å². The molecule has 0 heterocycles. The number of benzene rings is 1. The van der Waals surface area contributed by atoms with Crippen LogP contribution < -0.4 is 9.47 Å². The first-order valence-electron chi connectivity index (χ1n) is 7.69. The largest absolute Gasteiger partial charge is 0.496 e. The van der Waals surface area contributed by atoms with Crippen molar-refractivity contribution in [2.24, 2.45) is 0 Å². The van der Waals surface area contributed by atoms with Crippen molar-refractivity contribution in [1.82, 2.24) is 0 Å². The zero-order valence-corrected chi connectivity index (χ0v) is 14.2. The number of hydrogen-bond donors (Lipinski definition) is 0. The van der Waals surface area contributed by atoms with Crippen molar-refractivity contribution in [3.05, 3.63) is 34.9 Å². The second-order valence-corrected chi connectivity index (χ2v) is 5.40. The summed E-state index contributed by atoms with van der Waals surface area (Å²) in [4.78, 5) is 36.2. The zero-order valence-electron chi connectivity index (χ0n) is 14.2. The Morgan fingerprint density at radius 1 is 1.08 bits per heavy atom. The van der Waals surface area contributed by atoms with Crippen LogP contribution in [0.15, 0.2) is 18.2 Å². The van der Waals surface area contributed by atoms with E-state index in [0.717, 1.165) is 0 Å². The van der Waals surface area contributed by atoms with Crippen molar-refractivity contribution in [2.45, 2.75) is 32.8 Å². The second kappa shape index (κ2) is 7.29. The third-order valence-corrected chi connectivity index (χ3v) is 3.78. The number of ether oxygens (including phenoxy) is 3. The van der Waals surface area contributed by atoms with Gasteiger partial charge in [-0.3, -0.25) is 14.4 Å².